The van der Waals surface area contributed by atoms with Crippen LogP contribution in [0.1, 0.15) is 37.3 Å². The number of nitrogens with zero attached hydrogens (tertiary/aromatic N) is 3. The van der Waals surface area contributed by atoms with E-state index in [0.717, 1.165) is 17.1 Å². The number of anilines is 1. The molecule has 1 atom stereocenters. The second-order valence-corrected chi connectivity index (χ2v) is 7.04. The molecule has 1 heterocycles. The number of benzene rings is 2. The number of carbonyl (C=O) groups excluding carboxylic acids is 1. The van der Waals surface area contributed by atoms with E-state index in [1.165, 1.54) is 24.3 Å². The minimum Gasteiger partial charge on any atom is -0.273 e. The van der Waals surface area contributed by atoms with Crippen molar-refractivity contribution in [2.24, 2.45) is 11.0 Å². The van der Waals surface area contributed by atoms with Gasteiger partial charge in [-0.1, -0.05) is 26.0 Å². The number of alkyl halides is 3. The van der Waals surface area contributed by atoms with Gasteiger partial charge >= 0.3 is 6.18 Å². The number of carbonyl (C=O) groups is 1. The van der Waals surface area contributed by atoms with Crippen molar-refractivity contribution in [2.75, 3.05) is 5.01 Å². The maximum atomic E-state index is 12.8. The van der Waals surface area contributed by atoms with Gasteiger partial charge < -0.3 is 0 Å². The fourth-order valence-corrected chi connectivity index (χ4v) is 3.26. The lowest BCUT2D eigenvalue weighted by molar-refractivity contribution is -0.384. The van der Waals surface area contributed by atoms with E-state index in [9.17, 15) is 28.1 Å². The first-order valence-electron chi connectivity index (χ1n) is 8.91. The summed E-state index contributed by atoms with van der Waals surface area (Å²) in [5, 5.41) is 16.6. The van der Waals surface area contributed by atoms with Crippen molar-refractivity contribution >= 4 is 23.0 Å². The Kier molecular flexibility index (Phi) is 5.41. The maximum Gasteiger partial charge on any atom is 0.416 e. The SMILES string of the molecule is CC(C)C1=NN(c2ccc(C(F)(F)F)cc2)C(=O)CC1c1cccc([N+](=O)[O-])c1. The van der Waals surface area contributed by atoms with E-state index in [2.05, 4.69) is 5.10 Å². The predicted molar refractivity (Wildman–Crippen MR) is 102 cm³/mol. The first-order valence-corrected chi connectivity index (χ1v) is 8.91. The van der Waals surface area contributed by atoms with E-state index < -0.39 is 28.5 Å². The molecular formula is C20H18F3N3O3. The average molecular weight is 405 g/mol. The van der Waals surface area contributed by atoms with Crippen molar-refractivity contribution in [1.82, 2.24) is 0 Å². The molecule has 6 nitrogen and oxygen atoms in total. The lowest BCUT2D eigenvalue weighted by Gasteiger charge is -2.31. The fourth-order valence-electron chi connectivity index (χ4n) is 3.26. The lowest BCUT2D eigenvalue weighted by atomic mass is 9.84. The first kappa shape index (κ1) is 20.5. The smallest absolute Gasteiger partial charge is 0.273 e. The number of rotatable bonds is 4. The van der Waals surface area contributed by atoms with Crippen LogP contribution in [0.2, 0.25) is 0 Å². The molecule has 29 heavy (non-hydrogen) atoms. The van der Waals surface area contributed by atoms with Gasteiger partial charge in [0.05, 0.1) is 16.2 Å². The van der Waals surface area contributed by atoms with Crippen LogP contribution in [0.15, 0.2) is 53.6 Å². The van der Waals surface area contributed by atoms with Gasteiger partial charge in [0, 0.05) is 30.2 Å². The third-order valence-corrected chi connectivity index (χ3v) is 4.70. The zero-order valence-electron chi connectivity index (χ0n) is 15.7. The summed E-state index contributed by atoms with van der Waals surface area (Å²) in [6, 6.07) is 10.3. The number of amides is 1. The highest BCUT2D eigenvalue weighted by Gasteiger charge is 2.34. The Hall–Kier alpha value is -3.23. The van der Waals surface area contributed by atoms with Crippen LogP contribution in [0.3, 0.4) is 0 Å². The normalized spacial score (nSPS) is 17.4. The summed E-state index contributed by atoms with van der Waals surface area (Å²) in [5.41, 5.74) is 0.576. The third-order valence-electron chi connectivity index (χ3n) is 4.70. The molecule has 0 fully saturated rings. The minimum atomic E-state index is -4.47. The molecule has 0 aliphatic carbocycles. The van der Waals surface area contributed by atoms with Gasteiger partial charge in [-0.15, -0.1) is 0 Å². The number of hydrogen-bond acceptors (Lipinski definition) is 4. The zero-order chi connectivity index (χ0) is 21.3. The minimum absolute atomic E-state index is 0.0131. The molecule has 0 aromatic heterocycles. The quantitative estimate of drug-likeness (QED) is 0.522. The molecule has 0 N–H and O–H groups in total. The van der Waals surface area contributed by atoms with E-state index in [4.69, 9.17) is 0 Å². The van der Waals surface area contributed by atoms with Gasteiger partial charge in [-0.05, 0) is 35.7 Å². The van der Waals surface area contributed by atoms with Crippen LogP contribution in [0.5, 0.6) is 0 Å². The average Bonchev–Trinajstić information content (AvgIpc) is 2.67. The fraction of sp³-hybridized carbons (Fsp3) is 0.300. The second-order valence-electron chi connectivity index (χ2n) is 7.04. The summed E-state index contributed by atoms with van der Waals surface area (Å²) in [7, 11) is 0. The van der Waals surface area contributed by atoms with Crippen LogP contribution < -0.4 is 5.01 Å². The van der Waals surface area contributed by atoms with Crippen LogP contribution in [-0.4, -0.2) is 16.5 Å². The number of hydrazone groups is 1. The van der Waals surface area contributed by atoms with Crippen LogP contribution in [-0.2, 0) is 11.0 Å². The van der Waals surface area contributed by atoms with Crippen LogP contribution in [0, 0.1) is 16.0 Å². The van der Waals surface area contributed by atoms with Gasteiger partial charge in [-0.2, -0.15) is 18.3 Å². The Labute approximate surface area is 164 Å². The molecule has 0 saturated heterocycles. The van der Waals surface area contributed by atoms with E-state index in [1.54, 1.807) is 12.1 Å². The molecule has 0 spiro atoms. The molecule has 2 aromatic rings. The Bertz CT molecular complexity index is 969. The summed E-state index contributed by atoms with van der Waals surface area (Å²) in [6.07, 6.45) is -4.46. The van der Waals surface area contributed by atoms with Gasteiger partial charge in [0.2, 0.25) is 5.91 Å². The summed E-state index contributed by atoms with van der Waals surface area (Å²) < 4.78 is 38.3. The van der Waals surface area contributed by atoms with Gasteiger partial charge in [0.1, 0.15) is 0 Å². The van der Waals surface area contributed by atoms with Gasteiger partial charge in [-0.25, -0.2) is 5.01 Å². The Morgan fingerprint density at radius 1 is 1.17 bits per heavy atom. The standard InChI is InChI=1S/C20H18F3N3O3/c1-12(2)19-17(13-4-3-5-16(10-13)26(28)29)11-18(27)25(24-19)15-8-6-14(7-9-15)20(21,22)23/h3-10,12,17H,11H2,1-2H3. The summed E-state index contributed by atoms with van der Waals surface area (Å²) in [5.74, 6) is -0.914. The van der Waals surface area contributed by atoms with Gasteiger partial charge in [0.15, 0.2) is 0 Å². The van der Waals surface area contributed by atoms with Crippen molar-refractivity contribution in [3.8, 4) is 0 Å². The van der Waals surface area contributed by atoms with Crippen molar-refractivity contribution in [2.45, 2.75) is 32.4 Å². The van der Waals surface area contributed by atoms with Gasteiger partial charge in [-0.3, -0.25) is 14.9 Å². The highest BCUT2D eigenvalue weighted by Crippen LogP contribution is 2.35. The maximum absolute atomic E-state index is 12.8. The summed E-state index contributed by atoms with van der Waals surface area (Å²) >= 11 is 0. The first-order chi connectivity index (χ1) is 13.6. The summed E-state index contributed by atoms with van der Waals surface area (Å²) in [6.45, 7) is 3.76. The molecule has 1 aliphatic heterocycles. The highest BCUT2D eigenvalue weighted by molar-refractivity contribution is 6.06. The highest BCUT2D eigenvalue weighted by atomic mass is 19.4. The third kappa shape index (κ3) is 4.28. The van der Waals surface area contributed by atoms with Crippen LogP contribution >= 0.6 is 0 Å². The Balaban J connectivity index is 1.98. The Morgan fingerprint density at radius 2 is 1.83 bits per heavy atom. The molecule has 2 aromatic carbocycles. The van der Waals surface area contributed by atoms with Crippen molar-refractivity contribution in [1.29, 1.82) is 0 Å². The van der Waals surface area contributed by atoms with Crippen molar-refractivity contribution in [3.63, 3.8) is 0 Å². The van der Waals surface area contributed by atoms with E-state index in [1.807, 2.05) is 13.8 Å². The number of non-ortho nitro benzene ring substituents is 1. The molecule has 1 aliphatic rings. The van der Waals surface area contributed by atoms with E-state index in [0.29, 0.717) is 11.3 Å². The number of halogens is 3. The molecular weight excluding hydrogens is 387 g/mol. The topological polar surface area (TPSA) is 75.8 Å². The van der Waals surface area contributed by atoms with Crippen LogP contribution in [0.25, 0.3) is 0 Å². The molecule has 0 saturated carbocycles. The van der Waals surface area contributed by atoms with Crippen LogP contribution in [0.4, 0.5) is 24.5 Å². The van der Waals surface area contributed by atoms with Crippen molar-refractivity contribution in [3.05, 3.63) is 69.8 Å². The molecule has 0 bridgehead atoms. The van der Waals surface area contributed by atoms with E-state index >= 15 is 0 Å². The molecule has 1 amide bonds. The lowest BCUT2D eigenvalue weighted by Crippen LogP contribution is -2.37. The summed E-state index contributed by atoms with van der Waals surface area (Å²) in [4.78, 5) is 23.3. The second kappa shape index (κ2) is 7.65. The number of nitro groups is 1. The molecule has 1 unspecified atom stereocenters. The monoisotopic (exact) mass is 405 g/mol. The molecule has 3 rings (SSSR count). The number of hydrogen-bond donors (Lipinski definition) is 0. The predicted octanol–water partition coefficient (Wildman–Crippen LogP) is 5.15. The molecule has 0 radical (unpaired) electrons. The molecule has 9 heteroatoms. The molecule has 152 valence electrons. The van der Waals surface area contributed by atoms with Gasteiger partial charge in [0.25, 0.3) is 5.69 Å². The zero-order valence-corrected chi connectivity index (χ0v) is 15.7. The van der Waals surface area contributed by atoms with Crippen molar-refractivity contribution < 1.29 is 22.9 Å². The Morgan fingerprint density at radius 3 is 2.38 bits per heavy atom. The van der Waals surface area contributed by atoms with E-state index in [-0.39, 0.29) is 23.7 Å². The number of nitro benzene ring substituents is 1. The largest absolute Gasteiger partial charge is 0.416 e.